The van der Waals surface area contributed by atoms with Crippen LogP contribution in [0.4, 0.5) is 0 Å². The zero-order chi connectivity index (χ0) is 17.5. The fourth-order valence-corrected chi connectivity index (χ4v) is 3.82. The molecule has 0 N–H and O–H groups in total. The smallest absolute Gasteiger partial charge is 0.343 e. The molecule has 1 fully saturated rings. The zero-order valence-electron chi connectivity index (χ0n) is 14.5. The number of ether oxygens (including phenoxy) is 2. The Morgan fingerprint density at radius 2 is 1.83 bits per heavy atom. The SMILES string of the molecule is CO[C@H]1CC(=O)C[C@@H](C(C)(C)C)[C@@]12N=C(c1ccccc1)OC2=O. The molecule has 0 saturated heterocycles. The summed E-state index contributed by atoms with van der Waals surface area (Å²) in [4.78, 5) is 29.9. The second kappa shape index (κ2) is 5.81. The van der Waals surface area contributed by atoms with Crippen molar-refractivity contribution in [2.75, 3.05) is 7.11 Å². The van der Waals surface area contributed by atoms with E-state index in [2.05, 4.69) is 0 Å². The lowest BCUT2D eigenvalue weighted by molar-refractivity contribution is -0.157. The second-order valence-electron chi connectivity index (χ2n) is 7.59. The number of ketones is 1. The largest absolute Gasteiger partial charge is 0.405 e. The Hall–Kier alpha value is -2.01. The maximum absolute atomic E-state index is 12.9. The van der Waals surface area contributed by atoms with Gasteiger partial charge in [0.2, 0.25) is 5.90 Å². The summed E-state index contributed by atoms with van der Waals surface area (Å²) in [6.07, 6.45) is -0.106. The van der Waals surface area contributed by atoms with Gasteiger partial charge in [-0.3, -0.25) is 4.79 Å². The van der Waals surface area contributed by atoms with E-state index in [1.807, 2.05) is 51.1 Å². The molecule has 1 aliphatic heterocycles. The number of cyclic esters (lactones) is 1. The molecule has 5 nitrogen and oxygen atoms in total. The summed E-state index contributed by atoms with van der Waals surface area (Å²) >= 11 is 0. The monoisotopic (exact) mass is 329 g/mol. The normalized spacial score (nSPS) is 30.4. The van der Waals surface area contributed by atoms with E-state index in [1.54, 1.807) is 0 Å². The number of aliphatic imine (C=N–C) groups is 1. The second-order valence-corrected chi connectivity index (χ2v) is 7.59. The Bertz CT molecular complexity index is 689. The van der Waals surface area contributed by atoms with Crippen LogP contribution < -0.4 is 0 Å². The van der Waals surface area contributed by atoms with Gasteiger partial charge in [0.25, 0.3) is 0 Å². The Morgan fingerprint density at radius 3 is 2.42 bits per heavy atom. The van der Waals surface area contributed by atoms with Gasteiger partial charge in [0.1, 0.15) is 11.9 Å². The fraction of sp³-hybridized carbons (Fsp3) is 0.526. The molecular formula is C19H23NO4. The minimum atomic E-state index is -1.16. The summed E-state index contributed by atoms with van der Waals surface area (Å²) in [5.74, 6) is -0.277. The maximum atomic E-state index is 12.9. The van der Waals surface area contributed by atoms with Crippen LogP contribution in [0.15, 0.2) is 35.3 Å². The first-order chi connectivity index (χ1) is 11.3. The van der Waals surface area contributed by atoms with Crippen molar-refractivity contribution in [1.82, 2.24) is 0 Å². The van der Waals surface area contributed by atoms with E-state index in [4.69, 9.17) is 14.5 Å². The van der Waals surface area contributed by atoms with Gasteiger partial charge >= 0.3 is 5.97 Å². The van der Waals surface area contributed by atoms with Crippen molar-refractivity contribution in [3.05, 3.63) is 35.9 Å². The molecule has 2 aliphatic rings. The molecule has 24 heavy (non-hydrogen) atoms. The number of carbonyl (C=O) groups excluding carboxylic acids is 2. The van der Waals surface area contributed by atoms with Crippen LogP contribution in [0.1, 0.15) is 39.2 Å². The van der Waals surface area contributed by atoms with Crippen molar-refractivity contribution in [2.45, 2.75) is 45.3 Å². The molecule has 1 heterocycles. The van der Waals surface area contributed by atoms with Crippen molar-refractivity contribution in [2.24, 2.45) is 16.3 Å². The van der Waals surface area contributed by atoms with Gasteiger partial charge < -0.3 is 9.47 Å². The van der Waals surface area contributed by atoms with Crippen LogP contribution in [0.3, 0.4) is 0 Å². The molecule has 1 spiro atoms. The van der Waals surface area contributed by atoms with E-state index in [9.17, 15) is 9.59 Å². The first-order valence-electron chi connectivity index (χ1n) is 8.21. The molecular weight excluding hydrogens is 306 g/mol. The Morgan fingerprint density at radius 1 is 1.17 bits per heavy atom. The molecule has 128 valence electrons. The highest BCUT2D eigenvalue weighted by Crippen LogP contribution is 2.49. The Labute approximate surface area is 142 Å². The summed E-state index contributed by atoms with van der Waals surface area (Å²) in [6.45, 7) is 6.07. The molecule has 1 aliphatic carbocycles. The Balaban J connectivity index is 2.14. The minimum absolute atomic E-state index is 0.101. The highest BCUT2D eigenvalue weighted by Gasteiger charge is 2.63. The third-order valence-corrected chi connectivity index (χ3v) is 5.02. The molecule has 0 amide bonds. The molecule has 3 atom stereocenters. The highest BCUT2D eigenvalue weighted by atomic mass is 16.6. The first-order valence-corrected chi connectivity index (χ1v) is 8.21. The summed E-state index contributed by atoms with van der Waals surface area (Å²) in [7, 11) is 1.52. The number of carbonyl (C=O) groups is 2. The maximum Gasteiger partial charge on any atom is 0.343 e. The predicted molar refractivity (Wildman–Crippen MR) is 89.8 cm³/mol. The number of rotatable bonds is 2. The summed E-state index contributed by atoms with van der Waals surface area (Å²) in [5, 5.41) is 0. The van der Waals surface area contributed by atoms with E-state index >= 15 is 0 Å². The molecule has 0 radical (unpaired) electrons. The number of benzene rings is 1. The summed E-state index contributed by atoms with van der Waals surface area (Å²) in [6, 6.07) is 9.35. The number of methoxy groups -OCH3 is 1. The lowest BCUT2D eigenvalue weighted by Crippen LogP contribution is -2.60. The summed E-state index contributed by atoms with van der Waals surface area (Å²) in [5.41, 5.74) is -0.699. The Kier molecular flexibility index (Phi) is 4.08. The van der Waals surface area contributed by atoms with Gasteiger partial charge in [0.15, 0.2) is 5.54 Å². The molecule has 1 saturated carbocycles. The van der Waals surface area contributed by atoms with Crippen LogP contribution in [0, 0.1) is 11.3 Å². The van der Waals surface area contributed by atoms with Gasteiger partial charge in [-0.1, -0.05) is 39.0 Å². The highest BCUT2D eigenvalue weighted by molar-refractivity contribution is 6.09. The van der Waals surface area contributed by atoms with Crippen molar-refractivity contribution in [1.29, 1.82) is 0 Å². The number of hydrogen-bond donors (Lipinski definition) is 0. The summed E-state index contributed by atoms with van der Waals surface area (Å²) < 4.78 is 11.1. The van der Waals surface area contributed by atoms with Crippen molar-refractivity contribution in [3.63, 3.8) is 0 Å². The quantitative estimate of drug-likeness (QED) is 0.783. The van der Waals surface area contributed by atoms with Gasteiger partial charge in [0.05, 0.1) is 0 Å². The standard InChI is InChI=1S/C19H23NO4/c1-18(2,3)14-10-13(21)11-15(23-4)19(14)17(22)24-16(20-19)12-8-6-5-7-9-12/h5-9,14-15H,10-11H2,1-4H3/t14-,15-,19+/m0/s1. The van der Waals surface area contributed by atoms with Crippen molar-refractivity contribution >= 4 is 17.7 Å². The van der Waals surface area contributed by atoms with Crippen LogP contribution >= 0.6 is 0 Å². The molecule has 0 unspecified atom stereocenters. The van der Waals surface area contributed by atoms with Gasteiger partial charge in [-0.15, -0.1) is 0 Å². The lowest BCUT2D eigenvalue weighted by atomic mass is 9.61. The van der Waals surface area contributed by atoms with E-state index in [0.717, 1.165) is 5.56 Å². The van der Waals surface area contributed by atoms with Gasteiger partial charge in [0, 0.05) is 31.4 Å². The lowest BCUT2D eigenvalue weighted by Gasteiger charge is -2.46. The van der Waals surface area contributed by atoms with E-state index in [1.165, 1.54) is 7.11 Å². The van der Waals surface area contributed by atoms with Crippen molar-refractivity contribution in [3.8, 4) is 0 Å². The average molecular weight is 329 g/mol. The zero-order valence-corrected chi connectivity index (χ0v) is 14.5. The molecule has 0 bridgehead atoms. The minimum Gasteiger partial charge on any atom is -0.405 e. The molecule has 1 aromatic carbocycles. The van der Waals surface area contributed by atoms with Gasteiger partial charge in [-0.25, -0.2) is 9.79 Å². The van der Waals surface area contributed by atoms with E-state index in [-0.39, 0.29) is 23.5 Å². The number of nitrogens with zero attached hydrogens (tertiary/aromatic N) is 1. The molecule has 3 rings (SSSR count). The topological polar surface area (TPSA) is 65.0 Å². The first kappa shape index (κ1) is 16.8. The van der Waals surface area contributed by atoms with Crippen LogP contribution in [0.25, 0.3) is 0 Å². The van der Waals surface area contributed by atoms with E-state index < -0.39 is 17.6 Å². The van der Waals surface area contributed by atoms with Crippen LogP contribution in [0.2, 0.25) is 0 Å². The molecule has 5 heteroatoms. The predicted octanol–water partition coefficient (Wildman–Crippen LogP) is 2.77. The number of hydrogen-bond acceptors (Lipinski definition) is 5. The van der Waals surface area contributed by atoms with Gasteiger partial charge in [-0.05, 0) is 17.5 Å². The third kappa shape index (κ3) is 2.57. The van der Waals surface area contributed by atoms with Crippen molar-refractivity contribution < 1.29 is 19.1 Å². The number of esters is 1. The van der Waals surface area contributed by atoms with Crippen LogP contribution in [-0.4, -0.2) is 36.4 Å². The molecule has 1 aromatic rings. The van der Waals surface area contributed by atoms with Crippen LogP contribution in [0.5, 0.6) is 0 Å². The fourth-order valence-electron chi connectivity index (χ4n) is 3.82. The average Bonchev–Trinajstić information content (AvgIpc) is 2.87. The number of Topliss-reactive ketones (excluding diaryl/α,β-unsaturated/α-hetero) is 1. The molecule has 0 aromatic heterocycles. The van der Waals surface area contributed by atoms with E-state index in [0.29, 0.717) is 12.3 Å². The van der Waals surface area contributed by atoms with Crippen LogP contribution in [-0.2, 0) is 19.1 Å². The third-order valence-electron chi connectivity index (χ3n) is 5.02. The van der Waals surface area contributed by atoms with Gasteiger partial charge in [-0.2, -0.15) is 0 Å².